The number of alkyl halides is 1. The number of ether oxygens (including phenoxy) is 2. The summed E-state index contributed by atoms with van der Waals surface area (Å²) in [6.07, 6.45) is 1.06. The highest BCUT2D eigenvalue weighted by Crippen LogP contribution is 2.60. The highest BCUT2D eigenvalue weighted by Gasteiger charge is 2.76. The topological polar surface area (TPSA) is 120 Å². The minimum absolute atomic E-state index is 0.0111. The Labute approximate surface area is 225 Å². The molecule has 3 N–H and O–H groups in total. The lowest BCUT2D eigenvalue weighted by atomic mass is 9.70. The van der Waals surface area contributed by atoms with E-state index in [1.807, 2.05) is 18.2 Å². The van der Waals surface area contributed by atoms with Crippen LogP contribution in [0.4, 0.5) is 5.69 Å². The van der Waals surface area contributed by atoms with Crippen LogP contribution in [0.15, 0.2) is 30.3 Å². The Morgan fingerprint density at radius 1 is 1.11 bits per heavy atom. The van der Waals surface area contributed by atoms with Crippen molar-refractivity contribution in [2.24, 2.45) is 11.8 Å². The highest BCUT2D eigenvalue weighted by atomic mass is 79.9. The Hall–Kier alpha value is -2.05. The van der Waals surface area contributed by atoms with Crippen molar-refractivity contribution >= 4 is 39.3 Å². The van der Waals surface area contributed by atoms with Gasteiger partial charge in [-0.25, -0.2) is 0 Å². The quantitative estimate of drug-likeness (QED) is 0.274. The molecule has 37 heavy (non-hydrogen) atoms. The summed E-state index contributed by atoms with van der Waals surface area (Å²) in [6.45, 7) is 4.50. The number of carbonyl (C=O) groups is 3. The molecule has 0 aliphatic carbocycles. The van der Waals surface area contributed by atoms with E-state index >= 15 is 0 Å². The summed E-state index contributed by atoms with van der Waals surface area (Å²) in [5.41, 5.74) is -0.422. The molecule has 6 atom stereocenters. The van der Waals surface area contributed by atoms with Crippen molar-refractivity contribution < 1.29 is 29.0 Å². The van der Waals surface area contributed by atoms with Crippen molar-refractivity contribution in [1.82, 2.24) is 15.1 Å². The molecule has 4 aliphatic heterocycles. The normalized spacial score (nSPS) is 33.0. The van der Waals surface area contributed by atoms with Gasteiger partial charge in [0.25, 0.3) is 0 Å². The number of hydrogen-bond acceptors (Lipinski definition) is 7. The van der Waals surface area contributed by atoms with Crippen LogP contribution < -0.4 is 10.6 Å². The summed E-state index contributed by atoms with van der Waals surface area (Å²) in [5, 5.41) is 15.3. The van der Waals surface area contributed by atoms with Crippen LogP contribution in [0.25, 0.3) is 0 Å². The van der Waals surface area contributed by atoms with Gasteiger partial charge in [-0.1, -0.05) is 34.1 Å². The first-order valence-electron chi connectivity index (χ1n) is 13.1. The molecule has 1 spiro atoms. The zero-order chi connectivity index (χ0) is 26.0. The first-order valence-corrected chi connectivity index (χ1v) is 14.0. The second-order valence-electron chi connectivity index (χ2n) is 10.2. The monoisotopic (exact) mass is 578 g/mol. The van der Waals surface area contributed by atoms with E-state index in [2.05, 4.69) is 31.5 Å². The number of morpholine rings is 1. The van der Waals surface area contributed by atoms with Gasteiger partial charge in [-0.05, 0) is 31.4 Å². The van der Waals surface area contributed by atoms with Crippen LogP contribution in [0.3, 0.4) is 0 Å². The number of likely N-dealkylation sites (tertiary alicyclic amines) is 1. The maximum absolute atomic E-state index is 13.9. The first kappa shape index (κ1) is 26.6. The van der Waals surface area contributed by atoms with Crippen molar-refractivity contribution in [2.75, 3.05) is 57.9 Å². The molecule has 5 rings (SSSR count). The molecule has 0 aromatic heterocycles. The molecule has 4 aliphatic rings. The van der Waals surface area contributed by atoms with E-state index in [0.717, 1.165) is 13.1 Å². The molecule has 4 fully saturated rings. The number of anilines is 1. The number of nitrogens with one attached hydrogen (secondary N) is 2. The summed E-state index contributed by atoms with van der Waals surface area (Å²) in [5.74, 6) is -2.19. The van der Waals surface area contributed by atoms with Gasteiger partial charge in [0, 0.05) is 49.8 Å². The van der Waals surface area contributed by atoms with Gasteiger partial charge in [0.15, 0.2) is 0 Å². The molecule has 2 bridgehead atoms. The predicted octanol–water partition coefficient (Wildman–Crippen LogP) is 0.594. The van der Waals surface area contributed by atoms with E-state index in [0.29, 0.717) is 57.8 Å². The van der Waals surface area contributed by atoms with Gasteiger partial charge in [0.1, 0.15) is 11.6 Å². The average molecular weight is 579 g/mol. The van der Waals surface area contributed by atoms with Gasteiger partial charge in [-0.15, -0.1) is 0 Å². The number of unbranched alkanes of at least 4 members (excludes halogenated alkanes) is 1. The van der Waals surface area contributed by atoms with E-state index in [-0.39, 0.29) is 29.2 Å². The molecule has 10 nitrogen and oxygen atoms in total. The maximum Gasteiger partial charge on any atom is 0.245 e. The van der Waals surface area contributed by atoms with Crippen molar-refractivity contribution in [3.8, 4) is 0 Å². The molecular formula is C26H35BrN4O6. The van der Waals surface area contributed by atoms with E-state index in [9.17, 15) is 19.5 Å². The number of rotatable bonds is 10. The van der Waals surface area contributed by atoms with Crippen LogP contribution in [0.2, 0.25) is 0 Å². The third-order valence-electron chi connectivity index (χ3n) is 8.02. The minimum Gasteiger partial charge on any atom is -0.396 e. The van der Waals surface area contributed by atoms with Gasteiger partial charge in [0.2, 0.25) is 17.7 Å². The number of para-hydroxylation sites is 1. The molecule has 11 heteroatoms. The smallest absolute Gasteiger partial charge is 0.245 e. The van der Waals surface area contributed by atoms with Crippen LogP contribution in [-0.4, -0.2) is 108 Å². The van der Waals surface area contributed by atoms with Crippen LogP contribution in [-0.2, 0) is 23.9 Å². The Bertz CT molecular complexity index is 993. The fourth-order valence-electron chi connectivity index (χ4n) is 6.37. The van der Waals surface area contributed by atoms with Crippen LogP contribution >= 0.6 is 15.9 Å². The third-order valence-corrected chi connectivity index (χ3v) is 8.86. The van der Waals surface area contributed by atoms with Gasteiger partial charge in [-0.3, -0.25) is 19.3 Å². The lowest BCUT2D eigenvalue weighted by Gasteiger charge is -2.34. The Morgan fingerprint density at radius 3 is 2.59 bits per heavy atom. The molecule has 1 aromatic rings. The van der Waals surface area contributed by atoms with Crippen molar-refractivity contribution in [3.05, 3.63) is 30.3 Å². The predicted molar refractivity (Wildman–Crippen MR) is 139 cm³/mol. The summed E-state index contributed by atoms with van der Waals surface area (Å²) in [4.78, 5) is 44.7. The summed E-state index contributed by atoms with van der Waals surface area (Å²) in [6, 6.07) is 8.32. The third kappa shape index (κ3) is 5.04. The van der Waals surface area contributed by atoms with Crippen molar-refractivity contribution in [1.29, 1.82) is 0 Å². The molecule has 1 aromatic carbocycles. The van der Waals surface area contributed by atoms with Crippen molar-refractivity contribution in [3.63, 3.8) is 0 Å². The van der Waals surface area contributed by atoms with Gasteiger partial charge < -0.3 is 30.1 Å². The second-order valence-corrected chi connectivity index (χ2v) is 11.4. The second kappa shape index (κ2) is 11.4. The SMILES string of the molecule is O=C(NCCN1CCOCC1)C1N(CCCCO)C(=O)[C@@H]2[C@H](C(=O)Nc3ccccc3)[C@H]3OC12CC3Br. The highest BCUT2D eigenvalue weighted by molar-refractivity contribution is 9.09. The van der Waals surface area contributed by atoms with E-state index < -0.39 is 29.6 Å². The van der Waals surface area contributed by atoms with Crippen LogP contribution in [0.1, 0.15) is 19.3 Å². The number of hydrogen-bond donors (Lipinski definition) is 3. The fraction of sp³-hybridized carbons (Fsp3) is 0.654. The summed E-state index contributed by atoms with van der Waals surface area (Å²) in [7, 11) is 0. The summed E-state index contributed by atoms with van der Waals surface area (Å²) >= 11 is 3.69. The zero-order valence-electron chi connectivity index (χ0n) is 20.8. The largest absolute Gasteiger partial charge is 0.396 e. The number of aliphatic hydroxyl groups is 1. The first-order chi connectivity index (χ1) is 18.0. The number of nitrogens with zero attached hydrogens (tertiary/aromatic N) is 2. The molecule has 202 valence electrons. The molecular weight excluding hydrogens is 544 g/mol. The lowest BCUT2D eigenvalue weighted by molar-refractivity contribution is -0.141. The molecule has 3 unspecified atom stereocenters. The standard InChI is InChI=1S/C26H35BrN4O6/c27-18-16-26-20(19(21(18)37-26)23(33)29-17-6-2-1-3-7-17)25(35)31(9-4-5-13-32)22(26)24(34)28-8-10-30-11-14-36-15-12-30/h1-3,6-7,18-22,32H,4-5,8-16H2,(H,28,34)(H,29,33)/t18?,19-,20-,21-,22?,26?/m0/s1. The van der Waals surface area contributed by atoms with Gasteiger partial charge in [-0.2, -0.15) is 0 Å². The van der Waals surface area contributed by atoms with E-state index in [1.165, 1.54) is 0 Å². The van der Waals surface area contributed by atoms with Crippen molar-refractivity contribution in [2.45, 2.75) is 41.8 Å². The summed E-state index contributed by atoms with van der Waals surface area (Å²) < 4.78 is 11.9. The number of amides is 3. The Kier molecular flexibility index (Phi) is 8.16. The number of fused-ring (bicyclic) bond motifs is 1. The number of aliphatic hydroxyl groups excluding tert-OH is 1. The minimum atomic E-state index is -1.07. The maximum atomic E-state index is 13.9. The molecule has 0 radical (unpaired) electrons. The van der Waals surface area contributed by atoms with Crippen LogP contribution in [0.5, 0.6) is 0 Å². The van der Waals surface area contributed by atoms with Crippen LogP contribution in [0, 0.1) is 11.8 Å². The Morgan fingerprint density at radius 2 is 1.86 bits per heavy atom. The Balaban J connectivity index is 1.37. The number of halogens is 1. The molecule has 4 heterocycles. The van der Waals surface area contributed by atoms with E-state index in [1.54, 1.807) is 17.0 Å². The van der Waals surface area contributed by atoms with E-state index in [4.69, 9.17) is 9.47 Å². The number of carbonyl (C=O) groups excluding carboxylic acids is 3. The fourth-order valence-corrected chi connectivity index (χ4v) is 7.31. The number of benzene rings is 1. The van der Waals surface area contributed by atoms with Gasteiger partial charge >= 0.3 is 0 Å². The lowest BCUT2D eigenvalue weighted by Crippen LogP contribution is -2.56. The zero-order valence-corrected chi connectivity index (χ0v) is 22.4. The molecule has 0 saturated carbocycles. The molecule has 3 amide bonds. The van der Waals surface area contributed by atoms with Gasteiger partial charge in [0.05, 0.1) is 31.2 Å². The molecule has 4 saturated heterocycles. The average Bonchev–Trinajstić information content (AvgIpc) is 3.49.